The number of anilines is 2. The Morgan fingerprint density at radius 2 is 2.08 bits per heavy atom. The van der Waals surface area contributed by atoms with Crippen molar-refractivity contribution in [3.63, 3.8) is 0 Å². The van der Waals surface area contributed by atoms with E-state index < -0.39 is 4.92 Å². The lowest BCUT2D eigenvalue weighted by Crippen LogP contribution is -2.39. The highest BCUT2D eigenvalue weighted by Gasteiger charge is 2.25. The number of methoxy groups -OCH3 is 1. The minimum atomic E-state index is -0.512. The molecule has 0 atom stereocenters. The van der Waals surface area contributed by atoms with E-state index in [0.717, 1.165) is 31.5 Å². The van der Waals surface area contributed by atoms with Crippen LogP contribution in [0.15, 0.2) is 24.4 Å². The second-order valence-electron chi connectivity index (χ2n) is 6.13. The molecule has 1 aliphatic heterocycles. The molecule has 0 unspecified atom stereocenters. The van der Waals surface area contributed by atoms with Crippen LogP contribution in [0.25, 0.3) is 0 Å². The van der Waals surface area contributed by atoms with Crippen LogP contribution < -0.4 is 20.1 Å². The topological polar surface area (TPSA) is 117 Å². The number of pyridine rings is 2. The first kappa shape index (κ1) is 17.7. The van der Waals surface area contributed by atoms with Gasteiger partial charge in [0.1, 0.15) is 17.7 Å². The average Bonchev–Trinajstić information content (AvgIpc) is 2.64. The largest absolute Gasteiger partial charge is 0.489 e. The van der Waals surface area contributed by atoms with Gasteiger partial charge in [-0.15, -0.1) is 0 Å². The molecule has 138 valence electrons. The Kier molecular flexibility index (Phi) is 5.06. The number of aromatic nitrogens is 2. The summed E-state index contributed by atoms with van der Waals surface area (Å²) in [5.41, 5.74) is 6.31. The van der Waals surface area contributed by atoms with Crippen molar-refractivity contribution in [3.8, 4) is 11.6 Å². The van der Waals surface area contributed by atoms with Crippen molar-refractivity contribution in [3.05, 3.63) is 40.1 Å². The van der Waals surface area contributed by atoms with E-state index in [1.165, 1.54) is 6.07 Å². The van der Waals surface area contributed by atoms with Crippen molar-refractivity contribution in [1.82, 2.24) is 9.97 Å². The van der Waals surface area contributed by atoms with Crippen LogP contribution in [-0.4, -0.2) is 41.2 Å². The summed E-state index contributed by atoms with van der Waals surface area (Å²) in [6, 6.07) is 5.07. The third-order valence-electron chi connectivity index (χ3n) is 4.35. The predicted octanol–water partition coefficient (Wildman–Crippen LogP) is 2.33. The summed E-state index contributed by atoms with van der Waals surface area (Å²) in [5.74, 6) is 1.89. The Balaban J connectivity index is 1.63. The van der Waals surface area contributed by atoms with E-state index in [1.807, 2.05) is 6.07 Å². The fourth-order valence-corrected chi connectivity index (χ4v) is 3.00. The first-order valence-electron chi connectivity index (χ1n) is 8.31. The molecule has 0 saturated carbocycles. The lowest BCUT2D eigenvalue weighted by Gasteiger charge is -2.33. The molecule has 0 bridgehead atoms. The monoisotopic (exact) mass is 359 g/mol. The highest BCUT2D eigenvalue weighted by atomic mass is 16.6. The van der Waals surface area contributed by atoms with Gasteiger partial charge < -0.3 is 20.1 Å². The van der Waals surface area contributed by atoms with Crippen LogP contribution in [0.1, 0.15) is 18.4 Å². The number of nitro groups is 1. The van der Waals surface area contributed by atoms with E-state index >= 15 is 0 Å². The van der Waals surface area contributed by atoms with Crippen LogP contribution >= 0.6 is 0 Å². The first-order chi connectivity index (χ1) is 12.5. The maximum atomic E-state index is 11.0. The van der Waals surface area contributed by atoms with Gasteiger partial charge in [-0.2, -0.15) is 0 Å². The fraction of sp³-hybridized carbons (Fsp3) is 0.412. The summed E-state index contributed by atoms with van der Waals surface area (Å²) >= 11 is 0. The maximum absolute atomic E-state index is 11.0. The number of rotatable bonds is 5. The van der Waals surface area contributed by atoms with Gasteiger partial charge in [0, 0.05) is 38.1 Å². The van der Waals surface area contributed by atoms with Crippen LogP contribution in [-0.2, 0) is 0 Å². The summed E-state index contributed by atoms with van der Waals surface area (Å²) in [5, 5.41) is 11.0. The van der Waals surface area contributed by atoms with Crippen molar-refractivity contribution in [2.24, 2.45) is 0 Å². The molecule has 0 spiro atoms. The van der Waals surface area contributed by atoms with Crippen LogP contribution in [0.2, 0.25) is 0 Å². The maximum Gasteiger partial charge on any atom is 0.311 e. The van der Waals surface area contributed by atoms with E-state index in [0.29, 0.717) is 17.4 Å². The fourth-order valence-electron chi connectivity index (χ4n) is 3.00. The van der Waals surface area contributed by atoms with Crippen LogP contribution in [0, 0.1) is 17.0 Å². The van der Waals surface area contributed by atoms with Gasteiger partial charge in [-0.25, -0.2) is 9.97 Å². The summed E-state index contributed by atoms with van der Waals surface area (Å²) < 4.78 is 11.0. The van der Waals surface area contributed by atoms with Gasteiger partial charge in [-0.1, -0.05) is 0 Å². The Morgan fingerprint density at radius 3 is 2.65 bits per heavy atom. The normalized spacial score (nSPS) is 14.9. The number of nitrogens with two attached hydrogens (primary N) is 1. The van der Waals surface area contributed by atoms with E-state index in [-0.39, 0.29) is 17.6 Å². The molecule has 9 nitrogen and oxygen atoms in total. The molecule has 1 fully saturated rings. The molecule has 0 aromatic carbocycles. The third-order valence-corrected chi connectivity index (χ3v) is 4.35. The quantitative estimate of drug-likeness (QED) is 0.638. The molecule has 9 heteroatoms. The van der Waals surface area contributed by atoms with Crippen molar-refractivity contribution < 1.29 is 14.4 Å². The molecule has 2 aromatic rings. The molecular weight excluding hydrogens is 338 g/mol. The first-order valence-corrected chi connectivity index (χ1v) is 8.31. The third kappa shape index (κ3) is 3.76. The highest BCUT2D eigenvalue weighted by Crippen LogP contribution is 2.29. The van der Waals surface area contributed by atoms with Crippen molar-refractivity contribution in [2.75, 3.05) is 30.8 Å². The number of nitrogens with zero attached hydrogens (tertiary/aromatic N) is 4. The van der Waals surface area contributed by atoms with E-state index in [9.17, 15) is 10.1 Å². The summed E-state index contributed by atoms with van der Waals surface area (Å²) in [6.45, 7) is 3.28. The lowest BCUT2D eigenvalue weighted by molar-refractivity contribution is -0.384. The van der Waals surface area contributed by atoms with Gasteiger partial charge in [-0.05, 0) is 18.6 Å². The van der Waals surface area contributed by atoms with E-state index in [1.54, 1.807) is 26.3 Å². The summed E-state index contributed by atoms with van der Waals surface area (Å²) in [4.78, 5) is 20.9. The number of ether oxygens (including phenoxy) is 2. The number of hydrogen-bond acceptors (Lipinski definition) is 8. The molecule has 0 amide bonds. The molecule has 26 heavy (non-hydrogen) atoms. The minimum Gasteiger partial charge on any atom is -0.489 e. The SMILES string of the molecule is COc1ccc(OC2CCN(c3nc(N)c([N+](=O)[O-])cc3C)CC2)cn1. The van der Waals surface area contributed by atoms with E-state index in [4.69, 9.17) is 15.2 Å². The Hall–Kier alpha value is -3.10. The van der Waals surface area contributed by atoms with Gasteiger partial charge in [-0.3, -0.25) is 10.1 Å². The molecule has 3 heterocycles. The van der Waals surface area contributed by atoms with Gasteiger partial charge in [0.2, 0.25) is 11.7 Å². The number of piperidine rings is 1. The van der Waals surface area contributed by atoms with Gasteiger partial charge in [0.05, 0.1) is 18.2 Å². The zero-order chi connectivity index (χ0) is 18.7. The van der Waals surface area contributed by atoms with Crippen molar-refractivity contribution >= 4 is 17.3 Å². The minimum absolute atomic E-state index is 0.0571. The predicted molar refractivity (Wildman–Crippen MR) is 96.7 cm³/mol. The lowest BCUT2D eigenvalue weighted by atomic mass is 10.1. The number of nitrogen functional groups attached to an aromatic ring is 1. The molecule has 2 aromatic heterocycles. The van der Waals surface area contributed by atoms with Crippen molar-refractivity contribution in [1.29, 1.82) is 0 Å². The second kappa shape index (κ2) is 7.42. The average molecular weight is 359 g/mol. The second-order valence-corrected chi connectivity index (χ2v) is 6.13. The van der Waals surface area contributed by atoms with Crippen molar-refractivity contribution in [2.45, 2.75) is 25.9 Å². The highest BCUT2D eigenvalue weighted by molar-refractivity contribution is 5.62. The van der Waals surface area contributed by atoms with Crippen LogP contribution in [0.5, 0.6) is 11.6 Å². The molecule has 3 rings (SSSR count). The zero-order valence-corrected chi connectivity index (χ0v) is 14.7. The Morgan fingerprint density at radius 1 is 1.35 bits per heavy atom. The van der Waals surface area contributed by atoms with Gasteiger partial charge >= 0.3 is 5.69 Å². The molecule has 0 radical (unpaired) electrons. The van der Waals surface area contributed by atoms with Crippen LogP contribution in [0.3, 0.4) is 0 Å². The van der Waals surface area contributed by atoms with Crippen LogP contribution in [0.4, 0.5) is 17.3 Å². The van der Waals surface area contributed by atoms with Gasteiger partial charge in [0.25, 0.3) is 0 Å². The standard InChI is InChI=1S/C17H21N5O4/c1-11-9-14(22(23)24)16(18)20-17(11)21-7-5-12(6-8-21)26-13-3-4-15(25-2)19-10-13/h3-4,9-10,12H,5-8H2,1-2H3,(H2,18,20). The molecule has 0 aliphatic carbocycles. The van der Waals surface area contributed by atoms with Gasteiger partial charge in [0.15, 0.2) is 0 Å². The zero-order valence-electron chi connectivity index (χ0n) is 14.7. The molecular formula is C17H21N5O4. The summed E-state index contributed by atoms with van der Waals surface area (Å²) in [6.07, 6.45) is 3.35. The van der Waals surface area contributed by atoms with E-state index in [2.05, 4.69) is 14.9 Å². The molecule has 2 N–H and O–H groups in total. The molecule has 1 aliphatic rings. The smallest absolute Gasteiger partial charge is 0.311 e. The summed E-state index contributed by atoms with van der Waals surface area (Å²) in [7, 11) is 1.57. The molecule has 1 saturated heterocycles. The number of aryl methyl sites for hydroxylation is 1. The number of hydrogen-bond donors (Lipinski definition) is 1. The Bertz CT molecular complexity index is 788. The Labute approximate surface area is 150 Å².